The van der Waals surface area contributed by atoms with Gasteiger partial charge in [0.2, 0.25) is 0 Å². The Bertz CT molecular complexity index is 289. The highest BCUT2D eigenvalue weighted by Gasteiger charge is 2.48. The summed E-state index contributed by atoms with van der Waals surface area (Å²) in [5.74, 6) is -1.64. The summed E-state index contributed by atoms with van der Waals surface area (Å²) in [6.45, 7) is 0. The molecule has 3 saturated carbocycles. The third kappa shape index (κ3) is 1.73. The Balaban J connectivity index is 2.25. The van der Waals surface area contributed by atoms with E-state index in [1.165, 1.54) is 0 Å². The first-order chi connectivity index (χ1) is 7.03. The Labute approximate surface area is 88.3 Å². The fourth-order valence-corrected chi connectivity index (χ4v) is 3.12. The van der Waals surface area contributed by atoms with Crippen molar-refractivity contribution in [2.45, 2.75) is 38.5 Å². The van der Waals surface area contributed by atoms with Crippen molar-refractivity contribution in [3.05, 3.63) is 0 Å². The number of fused-ring (bicyclic) bond motifs is 4. The van der Waals surface area contributed by atoms with Crippen molar-refractivity contribution in [2.75, 3.05) is 0 Å². The molecule has 0 aliphatic heterocycles. The second kappa shape index (κ2) is 3.51. The second-order valence-corrected chi connectivity index (χ2v) is 5.00. The molecule has 2 bridgehead atoms. The minimum Gasteiger partial charge on any atom is -0.481 e. The lowest BCUT2D eigenvalue weighted by atomic mass is 9.71. The number of hydrogen-bond acceptors (Lipinski definition) is 2. The highest BCUT2D eigenvalue weighted by atomic mass is 16.4. The number of carbonyl (C=O) groups is 2. The van der Waals surface area contributed by atoms with Crippen LogP contribution < -0.4 is 0 Å². The van der Waals surface area contributed by atoms with E-state index in [1.807, 2.05) is 0 Å². The molecular formula is C11H16O4. The van der Waals surface area contributed by atoms with Gasteiger partial charge in [-0.05, 0) is 44.4 Å². The van der Waals surface area contributed by atoms with Gasteiger partial charge in [0.25, 0.3) is 0 Å². The van der Waals surface area contributed by atoms with Gasteiger partial charge in [-0.3, -0.25) is 9.59 Å². The van der Waals surface area contributed by atoms with Gasteiger partial charge in [-0.15, -0.1) is 0 Å². The molecule has 3 aliphatic rings. The molecule has 0 amide bonds. The van der Waals surface area contributed by atoms with Crippen molar-refractivity contribution in [1.82, 2.24) is 0 Å². The number of aliphatic carboxylic acids is 2. The van der Waals surface area contributed by atoms with Gasteiger partial charge in [0.15, 0.2) is 0 Å². The zero-order valence-electron chi connectivity index (χ0n) is 8.61. The van der Waals surface area contributed by atoms with Gasteiger partial charge in [0.05, 0.1) is 11.3 Å². The topological polar surface area (TPSA) is 74.6 Å². The first kappa shape index (κ1) is 10.5. The highest BCUT2D eigenvalue weighted by Crippen LogP contribution is 2.50. The Hall–Kier alpha value is -1.06. The highest BCUT2D eigenvalue weighted by molar-refractivity contribution is 5.77. The lowest BCUT2D eigenvalue weighted by Gasteiger charge is -2.32. The van der Waals surface area contributed by atoms with Crippen LogP contribution in [0.1, 0.15) is 38.5 Å². The SMILES string of the molecule is O=C(O)C1CC2CCC(C(=O)O)(CC2)C1. The molecule has 2 N–H and O–H groups in total. The second-order valence-electron chi connectivity index (χ2n) is 5.00. The van der Waals surface area contributed by atoms with E-state index in [1.54, 1.807) is 0 Å². The van der Waals surface area contributed by atoms with E-state index in [0.29, 0.717) is 31.6 Å². The van der Waals surface area contributed by atoms with Gasteiger partial charge in [-0.25, -0.2) is 0 Å². The van der Waals surface area contributed by atoms with E-state index in [-0.39, 0.29) is 0 Å². The molecule has 15 heavy (non-hydrogen) atoms. The first-order valence-electron chi connectivity index (χ1n) is 5.50. The summed E-state index contributed by atoms with van der Waals surface area (Å²) in [4.78, 5) is 22.3. The summed E-state index contributed by atoms with van der Waals surface area (Å²) in [6.07, 6.45) is 4.10. The Morgan fingerprint density at radius 2 is 1.73 bits per heavy atom. The molecule has 84 valence electrons. The Morgan fingerprint density at radius 3 is 2.20 bits per heavy atom. The van der Waals surface area contributed by atoms with Crippen LogP contribution in [0.25, 0.3) is 0 Å². The number of rotatable bonds is 2. The minimum atomic E-state index is -0.825. The van der Waals surface area contributed by atoms with Crippen LogP contribution >= 0.6 is 0 Å². The molecule has 0 saturated heterocycles. The van der Waals surface area contributed by atoms with Gasteiger partial charge in [-0.2, -0.15) is 0 Å². The molecule has 0 spiro atoms. The maximum Gasteiger partial charge on any atom is 0.309 e. The molecule has 0 radical (unpaired) electrons. The van der Waals surface area contributed by atoms with E-state index in [2.05, 4.69) is 0 Å². The van der Waals surface area contributed by atoms with E-state index >= 15 is 0 Å². The molecule has 3 aliphatic carbocycles. The van der Waals surface area contributed by atoms with Crippen LogP contribution in [0.3, 0.4) is 0 Å². The molecule has 0 aromatic carbocycles. The van der Waals surface area contributed by atoms with Crippen molar-refractivity contribution in [3.63, 3.8) is 0 Å². The predicted octanol–water partition coefficient (Wildman–Crippen LogP) is 1.74. The average Bonchev–Trinajstić information content (AvgIpc) is 2.48. The van der Waals surface area contributed by atoms with Crippen LogP contribution in [0.4, 0.5) is 0 Å². The van der Waals surface area contributed by atoms with Crippen molar-refractivity contribution < 1.29 is 19.8 Å². The zero-order valence-corrected chi connectivity index (χ0v) is 8.61. The van der Waals surface area contributed by atoms with Crippen molar-refractivity contribution in [2.24, 2.45) is 17.3 Å². The third-order valence-corrected chi connectivity index (χ3v) is 4.12. The molecular weight excluding hydrogens is 196 g/mol. The molecule has 4 heteroatoms. The summed E-state index contributed by atoms with van der Waals surface area (Å²) < 4.78 is 0. The third-order valence-electron chi connectivity index (χ3n) is 4.12. The first-order valence-corrected chi connectivity index (χ1v) is 5.50. The normalized spacial score (nSPS) is 39.7. The number of carboxylic acids is 2. The summed E-state index contributed by atoms with van der Waals surface area (Å²) >= 11 is 0. The van der Waals surface area contributed by atoms with E-state index in [0.717, 1.165) is 12.8 Å². The number of carboxylic acid groups (broad SMARTS) is 2. The lowest BCUT2D eigenvalue weighted by Crippen LogP contribution is -2.34. The van der Waals surface area contributed by atoms with Gasteiger partial charge in [-0.1, -0.05) is 0 Å². The molecule has 3 fully saturated rings. The molecule has 0 aromatic rings. The molecule has 0 heterocycles. The van der Waals surface area contributed by atoms with Crippen LogP contribution in [0, 0.1) is 17.3 Å². The molecule has 4 nitrogen and oxygen atoms in total. The van der Waals surface area contributed by atoms with Gasteiger partial charge in [0, 0.05) is 0 Å². The zero-order chi connectivity index (χ0) is 11.1. The van der Waals surface area contributed by atoms with Gasteiger partial charge < -0.3 is 10.2 Å². The molecule has 1 atom stereocenters. The standard InChI is InChI=1S/C11H16O4/c12-9(13)8-5-7-1-3-11(6-8,4-2-7)10(14)15/h7-8H,1-6H2,(H,12,13)(H,14,15). The van der Waals surface area contributed by atoms with Crippen molar-refractivity contribution in [1.29, 1.82) is 0 Å². The Kier molecular flexibility index (Phi) is 2.44. The smallest absolute Gasteiger partial charge is 0.309 e. The van der Waals surface area contributed by atoms with E-state index in [9.17, 15) is 14.7 Å². The quantitative estimate of drug-likeness (QED) is 0.731. The van der Waals surface area contributed by atoms with Gasteiger partial charge in [0.1, 0.15) is 0 Å². The van der Waals surface area contributed by atoms with Crippen molar-refractivity contribution in [3.8, 4) is 0 Å². The summed E-state index contributed by atoms with van der Waals surface area (Å²) in [7, 11) is 0. The molecule has 3 rings (SSSR count). The summed E-state index contributed by atoms with van der Waals surface area (Å²) in [5.41, 5.74) is -0.740. The van der Waals surface area contributed by atoms with Crippen LogP contribution in [0.5, 0.6) is 0 Å². The minimum absolute atomic E-state index is 0.328. The maximum absolute atomic E-state index is 11.3. The van der Waals surface area contributed by atoms with E-state index in [4.69, 9.17) is 5.11 Å². The average molecular weight is 212 g/mol. The predicted molar refractivity (Wildman–Crippen MR) is 52.4 cm³/mol. The molecule has 0 aromatic heterocycles. The fraction of sp³-hybridized carbons (Fsp3) is 0.818. The van der Waals surface area contributed by atoms with Crippen LogP contribution in [0.2, 0.25) is 0 Å². The number of hydrogen-bond donors (Lipinski definition) is 2. The van der Waals surface area contributed by atoms with Gasteiger partial charge >= 0.3 is 11.9 Å². The summed E-state index contributed by atoms with van der Waals surface area (Å²) in [5, 5.41) is 18.3. The van der Waals surface area contributed by atoms with E-state index < -0.39 is 23.3 Å². The van der Waals surface area contributed by atoms with Crippen LogP contribution in [-0.4, -0.2) is 22.2 Å². The largest absolute Gasteiger partial charge is 0.481 e. The summed E-state index contributed by atoms with van der Waals surface area (Å²) in [6, 6.07) is 0. The maximum atomic E-state index is 11.3. The van der Waals surface area contributed by atoms with Crippen LogP contribution in [0.15, 0.2) is 0 Å². The molecule has 1 unspecified atom stereocenters. The lowest BCUT2D eigenvalue weighted by molar-refractivity contribution is -0.153. The van der Waals surface area contributed by atoms with Crippen molar-refractivity contribution >= 4 is 11.9 Å². The fourth-order valence-electron chi connectivity index (χ4n) is 3.12. The monoisotopic (exact) mass is 212 g/mol. The van der Waals surface area contributed by atoms with Crippen LogP contribution in [-0.2, 0) is 9.59 Å². The Morgan fingerprint density at radius 1 is 1.13 bits per heavy atom.